The summed E-state index contributed by atoms with van der Waals surface area (Å²) in [6.45, 7) is 2.98. The monoisotopic (exact) mass is 399 g/mol. The lowest BCUT2D eigenvalue weighted by Crippen LogP contribution is -2.51. The van der Waals surface area contributed by atoms with Gasteiger partial charge in [0.15, 0.2) is 0 Å². The first-order valence-electron chi connectivity index (χ1n) is 9.77. The number of carbonyl (C=O) groups excluding carboxylic acids is 2. The SMILES string of the molecule is CC(O)C(NC(=O)c1ccc(CNCCCCc2ccccc2)cc1)C(=O)NO. The molecular formula is C22H29N3O4. The number of hydroxylamine groups is 1. The van der Waals surface area contributed by atoms with Gasteiger partial charge in [0.25, 0.3) is 11.8 Å². The first-order chi connectivity index (χ1) is 14.0. The number of amides is 2. The largest absolute Gasteiger partial charge is 0.391 e. The van der Waals surface area contributed by atoms with Crippen LogP contribution in [0.4, 0.5) is 0 Å². The molecule has 156 valence electrons. The van der Waals surface area contributed by atoms with Crippen LogP contribution in [0.3, 0.4) is 0 Å². The Morgan fingerprint density at radius 3 is 2.28 bits per heavy atom. The normalized spacial score (nSPS) is 12.8. The Morgan fingerprint density at radius 2 is 1.66 bits per heavy atom. The van der Waals surface area contributed by atoms with Crippen LogP contribution in [0, 0.1) is 0 Å². The summed E-state index contributed by atoms with van der Waals surface area (Å²) in [6.07, 6.45) is 2.15. The fourth-order valence-electron chi connectivity index (χ4n) is 2.93. The van der Waals surface area contributed by atoms with Crippen LogP contribution in [0.1, 0.15) is 41.3 Å². The maximum Gasteiger partial charge on any atom is 0.268 e. The molecule has 2 unspecified atom stereocenters. The number of aryl methyl sites for hydroxylation is 1. The van der Waals surface area contributed by atoms with Crippen molar-refractivity contribution >= 4 is 11.8 Å². The van der Waals surface area contributed by atoms with Gasteiger partial charge in [-0.2, -0.15) is 0 Å². The predicted molar refractivity (Wildman–Crippen MR) is 110 cm³/mol. The van der Waals surface area contributed by atoms with Crippen molar-refractivity contribution in [3.05, 3.63) is 71.3 Å². The smallest absolute Gasteiger partial charge is 0.268 e. The van der Waals surface area contributed by atoms with E-state index < -0.39 is 24.0 Å². The van der Waals surface area contributed by atoms with Crippen LogP contribution in [0.5, 0.6) is 0 Å². The first kappa shape index (κ1) is 22.5. The van der Waals surface area contributed by atoms with Gasteiger partial charge in [0.1, 0.15) is 6.04 Å². The summed E-state index contributed by atoms with van der Waals surface area (Å²) in [5, 5.41) is 24.1. The molecule has 0 aliphatic heterocycles. The zero-order chi connectivity index (χ0) is 21.1. The van der Waals surface area contributed by atoms with Gasteiger partial charge in [-0.3, -0.25) is 14.8 Å². The van der Waals surface area contributed by atoms with Gasteiger partial charge in [0, 0.05) is 12.1 Å². The number of aliphatic hydroxyl groups excluding tert-OH is 1. The van der Waals surface area contributed by atoms with Gasteiger partial charge in [-0.25, -0.2) is 5.48 Å². The number of benzene rings is 2. The van der Waals surface area contributed by atoms with Crippen molar-refractivity contribution in [3.63, 3.8) is 0 Å². The summed E-state index contributed by atoms with van der Waals surface area (Å²) < 4.78 is 0. The molecule has 0 aromatic heterocycles. The molecule has 0 fully saturated rings. The fraction of sp³-hybridized carbons (Fsp3) is 0.364. The summed E-state index contributed by atoms with van der Waals surface area (Å²) in [7, 11) is 0. The number of aliphatic hydroxyl groups is 1. The van der Waals surface area contributed by atoms with Gasteiger partial charge in [-0.05, 0) is 56.0 Å². The van der Waals surface area contributed by atoms with E-state index in [9.17, 15) is 14.7 Å². The van der Waals surface area contributed by atoms with Crippen LogP contribution in [-0.4, -0.2) is 40.8 Å². The lowest BCUT2D eigenvalue weighted by atomic mass is 10.1. The standard InChI is InChI=1S/C22H29N3O4/c1-16(26)20(22(28)25-29)24-21(27)19-12-10-18(11-13-19)15-23-14-6-5-9-17-7-3-2-4-8-17/h2-4,7-8,10-13,16,20,23,26,29H,5-6,9,14-15H2,1H3,(H,24,27)(H,25,28). The second-order valence-corrected chi connectivity index (χ2v) is 6.98. The molecule has 2 rings (SSSR count). The second-order valence-electron chi connectivity index (χ2n) is 6.98. The van der Waals surface area contributed by atoms with E-state index in [1.807, 2.05) is 18.2 Å². The highest BCUT2D eigenvalue weighted by Gasteiger charge is 2.25. The van der Waals surface area contributed by atoms with E-state index in [4.69, 9.17) is 5.21 Å². The van der Waals surface area contributed by atoms with Crippen molar-refractivity contribution in [1.82, 2.24) is 16.1 Å². The zero-order valence-corrected chi connectivity index (χ0v) is 16.6. The van der Waals surface area contributed by atoms with E-state index in [0.29, 0.717) is 12.1 Å². The predicted octanol–water partition coefficient (Wildman–Crippen LogP) is 1.78. The van der Waals surface area contributed by atoms with E-state index in [2.05, 4.69) is 34.9 Å². The molecule has 2 aromatic carbocycles. The third-order valence-electron chi connectivity index (χ3n) is 4.62. The number of hydrogen-bond donors (Lipinski definition) is 5. The molecule has 2 aromatic rings. The summed E-state index contributed by atoms with van der Waals surface area (Å²) in [4.78, 5) is 23.7. The molecule has 0 spiro atoms. The molecule has 0 heterocycles. The molecule has 29 heavy (non-hydrogen) atoms. The molecule has 0 radical (unpaired) electrons. The highest BCUT2D eigenvalue weighted by molar-refractivity contribution is 5.97. The topological polar surface area (TPSA) is 111 Å². The molecule has 0 aliphatic rings. The van der Waals surface area contributed by atoms with E-state index in [-0.39, 0.29) is 0 Å². The molecule has 2 atom stereocenters. The molecule has 0 saturated heterocycles. The minimum Gasteiger partial charge on any atom is -0.391 e. The van der Waals surface area contributed by atoms with Crippen molar-refractivity contribution in [2.75, 3.05) is 6.54 Å². The zero-order valence-electron chi connectivity index (χ0n) is 16.6. The van der Waals surface area contributed by atoms with E-state index >= 15 is 0 Å². The van der Waals surface area contributed by atoms with Gasteiger partial charge < -0.3 is 15.7 Å². The Labute approximate surface area is 171 Å². The molecule has 7 nitrogen and oxygen atoms in total. The molecule has 7 heteroatoms. The lowest BCUT2D eigenvalue weighted by molar-refractivity contribution is -0.133. The summed E-state index contributed by atoms with van der Waals surface area (Å²) in [6, 6.07) is 16.2. The van der Waals surface area contributed by atoms with Crippen LogP contribution < -0.4 is 16.1 Å². The van der Waals surface area contributed by atoms with Gasteiger partial charge in [0.05, 0.1) is 6.10 Å². The fourth-order valence-corrected chi connectivity index (χ4v) is 2.93. The van der Waals surface area contributed by atoms with Crippen LogP contribution in [0.2, 0.25) is 0 Å². The summed E-state index contributed by atoms with van der Waals surface area (Å²) >= 11 is 0. The van der Waals surface area contributed by atoms with E-state index in [1.54, 1.807) is 12.1 Å². The van der Waals surface area contributed by atoms with Crippen molar-refractivity contribution < 1.29 is 19.9 Å². The molecule has 0 bridgehead atoms. The second kappa shape index (κ2) is 12.0. The molecule has 2 amide bonds. The van der Waals surface area contributed by atoms with Crippen LogP contribution in [0.25, 0.3) is 0 Å². The van der Waals surface area contributed by atoms with Crippen LogP contribution in [0.15, 0.2) is 54.6 Å². The molecule has 5 N–H and O–H groups in total. The average Bonchev–Trinajstić information content (AvgIpc) is 2.74. The number of rotatable bonds is 11. The van der Waals surface area contributed by atoms with Gasteiger partial charge in [0.2, 0.25) is 0 Å². The maximum atomic E-state index is 12.2. The summed E-state index contributed by atoms with van der Waals surface area (Å²) in [5.74, 6) is -1.37. The lowest BCUT2D eigenvalue weighted by Gasteiger charge is -2.19. The van der Waals surface area contributed by atoms with Crippen molar-refractivity contribution in [3.8, 4) is 0 Å². The number of carbonyl (C=O) groups is 2. The average molecular weight is 399 g/mol. The van der Waals surface area contributed by atoms with Crippen molar-refractivity contribution in [2.45, 2.75) is 44.9 Å². The quantitative estimate of drug-likeness (QED) is 0.225. The van der Waals surface area contributed by atoms with Crippen molar-refractivity contribution in [1.29, 1.82) is 0 Å². The molecule has 0 saturated carbocycles. The third-order valence-corrected chi connectivity index (χ3v) is 4.62. The number of unbranched alkanes of at least 4 members (excludes halogenated alkanes) is 1. The molecular weight excluding hydrogens is 370 g/mol. The van der Waals surface area contributed by atoms with Gasteiger partial charge >= 0.3 is 0 Å². The van der Waals surface area contributed by atoms with Crippen LogP contribution >= 0.6 is 0 Å². The minimum absolute atomic E-state index is 0.369. The number of hydrogen-bond acceptors (Lipinski definition) is 5. The van der Waals surface area contributed by atoms with Gasteiger partial charge in [-0.1, -0.05) is 42.5 Å². The highest BCUT2D eigenvalue weighted by atomic mass is 16.5. The maximum absolute atomic E-state index is 12.2. The summed E-state index contributed by atoms with van der Waals surface area (Å²) in [5.41, 5.74) is 4.21. The third kappa shape index (κ3) is 7.65. The Hall–Kier alpha value is -2.74. The Kier molecular flexibility index (Phi) is 9.30. The Balaban J connectivity index is 1.72. The van der Waals surface area contributed by atoms with Crippen LogP contribution in [-0.2, 0) is 17.8 Å². The Bertz CT molecular complexity index is 763. The van der Waals surface area contributed by atoms with Crippen molar-refractivity contribution in [2.24, 2.45) is 0 Å². The highest BCUT2D eigenvalue weighted by Crippen LogP contribution is 2.07. The number of nitrogens with one attached hydrogen (secondary N) is 3. The van der Waals surface area contributed by atoms with E-state index in [1.165, 1.54) is 18.0 Å². The first-order valence-corrected chi connectivity index (χ1v) is 9.77. The molecule has 0 aliphatic carbocycles. The van der Waals surface area contributed by atoms with Gasteiger partial charge in [-0.15, -0.1) is 0 Å². The Morgan fingerprint density at radius 1 is 0.966 bits per heavy atom. The van der Waals surface area contributed by atoms with E-state index in [0.717, 1.165) is 31.4 Å². The minimum atomic E-state index is -1.23.